The number of ether oxygens (including phenoxy) is 1. The SMILES string of the molecule is Cc1cc(C)cc(OCCC(=O)N(C)Cc2cnn(-c3ccccc3)c2)c1. The van der Waals surface area contributed by atoms with Gasteiger partial charge in [0.05, 0.1) is 24.9 Å². The van der Waals surface area contributed by atoms with Crippen molar-refractivity contribution in [1.82, 2.24) is 14.7 Å². The van der Waals surface area contributed by atoms with E-state index in [9.17, 15) is 4.79 Å². The van der Waals surface area contributed by atoms with Crippen LogP contribution < -0.4 is 4.74 Å². The fourth-order valence-corrected chi connectivity index (χ4v) is 2.99. The van der Waals surface area contributed by atoms with Crippen molar-refractivity contribution in [3.05, 3.63) is 77.6 Å². The molecule has 3 aromatic rings. The van der Waals surface area contributed by atoms with Gasteiger partial charge in [0, 0.05) is 25.4 Å². The van der Waals surface area contributed by atoms with Gasteiger partial charge in [-0.15, -0.1) is 0 Å². The zero-order chi connectivity index (χ0) is 19.2. The van der Waals surface area contributed by atoms with Gasteiger partial charge in [0.15, 0.2) is 0 Å². The molecule has 140 valence electrons. The van der Waals surface area contributed by atoms with Crippen LogP contribution >= 0.6 is 0 Å². The van der Waals surface area contributed by atoms with Gasteiger partial charge in [0.1, 0.15) is 5.75 Å². The maximum atomic E-state index is 12.4. The summed E-state index contributed by atoms with van der Waals surface area (Å²) in [5, 5.41) is 4.37. The standard InChI is InChI=1S/C22H25N3O2/c1-17-11-18(2)13-21(12-17)27-10-9-22(26)24(3)15-19-14-23-25(16-19)20-7-5-4-6-8-20/h4-8,11-14,16H,9-10,15H2,1-3H3. The Balaban J connectivity index is 1.50. The van der Waals surface area contributed by atoms with E-state index in [0.29, 0.717) is 19.6 Å². The maximum Gasteiger partial charge on any atom is 0.226 e. The maximum absolute atomic E-state index is 12.4. The van der Waals surface area contributed by atoms with Crippen molar-refractivity contribution in [2.45, 2.75) is 26.8 Å². The zero-order valence-corrected chi connectivity index (χ0v) is 16.1. The first-order chi connectivity index (χ1) is 13.0. The molecule has 0 saturated heterocycles. The van der Waals surface area contributed by atoms with E-state index in [1.165, 1.54) is 0 Å². The molecule has 0 saturated carbocycles. The average molecular weight is 363 g/mol. The highest BCUT2D eigenvalue weighted by Crippen LogP contribution is 2.16. The number of benzene rings is 2. The molecule has 0 bridgehead atoms. The average Bonchev–Trinajstić information content (AvgIpc) is 3.10. The number of aryl methyl sites for hydroxylation is 2. The summed E-state index contributed by atoms with van der Waals surface area (Å²) < 4.78 is 7.55. The van der Waals surface area contributed by atoms with E-state index in [4.69, 9.17) is 4.74 Å². The fourth-order valence-electron chi connectivity index (χ4n) is 2.99. The summed E-state index contributed by atoms with van der Waals surface area (Å²) in [7, 11) is 1.80. The molecule has 5 nitrogen and oxygen atoms in total. The Hall–Kier alpha value is -3.08. The molecule has 3 rings (SSSR count). The van der Waals surface area contributed by atoms with Gasteiger partial charge in [0.2, 0.25) is 5.91 Å². The lowest BCUT2D eigenvalue weighted by atomic mass is 10.1. The molecular formula is C22H25N3O2. The molecule has 0 aliphatic heterocycles. The van der Waals surface area contributed by atoms with Crippen LogP contribution in [0.5, 0.6) is 5.75 Å². The molecule has 1 amide bonds. The summed E-state index contributed by atoms with van der Waals surface area (Å²) in [6.45, 7) is 4.97. The number of hydrogen-bond donors (Lipinski definition) is 0. The third-order valence-electron chi connectivity index (χ3n) is 4.28. The number of aromatic nitrogens is 2. The summed E-state index contributed by atoms with van der Waals surface area (Å²) in [6.07, 6.45) is 4.09. The Morgan fingerprint density at radius 2 is 1.81 bits per heavy atom. The van der Waals surface area contributed by atoms with Crippen molar-refractivity contribution in [3.8, 4) is 11.4 Å². The van der Waals surface area contributed by atoms with E-state index < -0.39 is 0 Å². The number of nitrogens with zero attached hydrogens (tertiary/aromatic N) is 3. The van der Waals surface area contributed by atoms with Crippen molar-refractivity contribution < 1.29 is 9.53 Å². The second kappa shape index (κ2) is 8.54. The Morgan fingerprint density at radius 3 is 2.52 bits per heavy atom. The van der Waals surface area contributed by atoms with Gasteiger partial charge in [0.25, 0.3) is 0 Å². The summed E-state index contributed by atoms with van der Waals surface area (Å²) >= 11 is 0. The number of carbonyl (C=O) groups excluding carboxylic acids is 1. The van der Waals surface area contributed by atoms with Gasteiger partial charge in [-0.3, -0.25) is 4.79 Å². The molecule has 2 aromatic carbocycles. The van der Waals surface area contributed by atoms with Crippen LogP contribution in [0, 0.1) is 13.8 Å². The van der Waals surface area contributed by atoms with Crippen LogP contribution in [0.3, 0.4) is 0 Å². The monoisotopic (exact) mass is 363 g/mol. The van der Waals surface area contributed by atoms with Gasteiger partial charge in [-0.05, 0) is 49.2 Å². The summed E-state index contributed by atoms with van der Waals surface area (Å²) in [4.78, 5) is 14.1. The third kappa shape index (κ3) is 5.20. The van der Waals surface area contributed by atoms with Crippen LogP contribution in [0.1, 0.15) is 23.1 Å². The number of rotatable bonds is 7. The molecule has 0 unspecified atom stereocenters. The lowest BCUT2D eigenvalue weighted by Gasteiger charge is -2.16. The van der Waals surface area contributed by atoms with Crippen LogP contribution in [0.15, 0.2) is 60.9 Å². The van der Waals surface area contributed by atoms with Crippen LogP contribution in [-0.2, 0) is 11.3 Å². The zero-order valence-electron chi connectivity index (χ0n) is 16.1. The normalized spacial score (nSPS) is 10.6. The predicted molar refractivity (Wildman–Crippen MR) is 106 cm³/mol. The van der Waals surface area contributed by atoms with Gasteiger partial charge >= 0.3 is 0 Å². The topological polar surface area (TPSA) is 47.4 Å². The van der Waals surface area contributed by atoms with Crippen LogP contribution in [0.25, 0.3) is 5.69 Å². The lowest BCUT2D eigenvalue weighted by molar-refractivity contribution is -0.130. The van der Waals surface area contributed by atoms with Crippen molar-refractivity contribution in [1.29, 1.82) is 0 Å². The first-order valence-electron chi connectivity index (χ1n) is 9.05. The van der Waals surface area contributed by atoms with Crippen LogP contribution in [0.2, 0.25) is 0 Å². The van der Waals surface area contributed by atoms with Crippen LogP contribution in [-0.4, -0.2) is 34.2 Å². The van der Waals surface area contributed by atoms with E-state index in [2.05, 4.69) is 11.2 Å². The highest BCUT2D eigenvalue weighted by Gasteiger charge is 2.11. The largest absolute Gasteiger partial charge is 0.493 e. The second-order valence-corrected chi connectivity index (χ2v) is 6.80. The summed E-state index contributed by atoms with van der Waals surface area (Å²) in [6, 6.07) is 16.0. The molecule has 5 heteroatoms. The summed E-state index contributed by atoms with van der Waals surface area (Å²) in [5.41, 5.74) is 4.30. The molecule has 0 aliphatic rings. The van der Waals surface area contributed by atoms with Crippen molar-refractivity contribution in [2.24, 2.45) is 0 Å². The minimum atomic E-state index is 0.0480. The highest BCUT2D eigenvalue weighted by atomic mass is 16.5. The third-order valence-corrected chi connectivity index (χ3v) is 4.28. The predicted octanol–water partition coefficient (Wildman–Crippen LogP) is 3.92. The smallest absolute Gasteiger partial charge is 0.226 e. The van der Waals surface area contributed by atoms with Crippen LogP contribution in [0.4, 0.5) is 0 Å². The minimum Gasteiger partial charge on any atom is -0.493 e. The second-order valence-electron chi connectivity index (χ2n) is 6.80. The Kier molecular flexibility index (Phi) is 5.91. The lowest BCUT2D eigenvalue weighted by Crippen LogP contribution is -2.27. The molecule has 0 fully saturated rings. The van der Waals surface area contributed by atoms with Gasteiger partial charge in [-0.25, -0.2) is 4.68 Å². The minimum absolute atomic E-state index is 0.0480. The van der Waals surface area contributed by atoms with E-state index in [1.807, 2.05) is 67.2 Å². The van der Waals surface area contributed by atoms with Crippen molar-refractivity contribution in [2.75, 3.05) is 13.7 Å². The molecule has 0 N–H and O–H groups in total. The first kappa shape index (κ1) is 18.7. The van der Waals surface area contributed by atoms with E-state index in [0.717, 1.165) is 28.1 Å². The van der Waals surface area contributed by atoms with Gasteiger partial charge in [-0.2, -0.15) is 5.10 Å². The number of para-hydroxylation sites is 1. The quantitative estimate of drug-likeness (QED) is 0.639. The summed E-state index contributed by atoms with van der Waals surface area (Å²) in [5.74, 6) is 0.860. The first-order valence-corrected chi connectivity index (χ1v) is 9.05. The van der Waals surface area contributed by atoms with E-state index in [-0.39, 0.29) is 5.91 Å². The fraction of sp³-hybridized carbons (Fsp3) is 0.273. The van der Waals surface area contributed by atoms with E-state index >= 15 is 0 Å². The molecule has 1 heterocycles. The van der Waals surface area contributed by atoms with Crippen molar-refractivity contribution >= 4 is 5.91 Å². The number of amides is 1. The Morgan fingerprint density at radius 1 is 1.11 bits per heavy atom. The van der Waals surface area contributed by atoms with Gasteiger partial charge < -0.3 is 9.64 Å². The Labute approximate surface area is 160 Å². The molecule has 0 radical (unpaired) electrons. The van der Waals surface area contributed by atoms with Gasteiger partial charge in [-0.1, -0.05) is 24.3 Å². The molecular weight excluding hydrogens is 338 g/mol. The van der Waals surface area contributed by atoms with Crippen molar-refractivity contribution in [3.63, 3.8) is 0 Å². The molecule has 0 spiro atoms. The number of carbonyl (C=O) groups is 1. The molecule has 27 heavy (non-hydrogen) atoms. The molecule has 0 atom stereocenters. The highest BCUT2D eigenvalue weighted by molar-refractivity contribution is 5.76. The Bertz CT molecular complexity index is 883. The molecule has 1 aromatic heterocycles. The molecule has 0 aliphatic carbocycles. The van der Waals surface area contributed by atoms with E-state index in [1.54, 1.807) is 18.1 Å². The number of hydrogen-bond acceptors (Lipinski definition) is 3.